The zero-order chi connectivity index (χ0) is 23.5. The van der Waals surface area contributed by atoms with Gasteiger partial charge in [0.25, 0.3) is 5.91 Å². The smallest absolute Gasteiger partial charge is 0.305 e. The lowest BCUT2D eigenvalue weighted by molar-refractivity contribution is -0.146. The Labute approximate surface area is 204 Å². The quantitative estimate of drug-likeness (QED) is 0.323. The molecule has 33 heavy (non-hydrogen) atoms. The first-order chi connectivity index (χ1) is 15.9. The minimum Gasteiger partial charge on any atom is -0.469 e. The van der Waals surface area contributed by atoms with Crippen molar-refractivity contribution in [3.63, 3.8) is 0 Å². The van der Waals surface area contributed by atoms with Gasteiger partial charge < -0.3 is 10.1 Å². The number of nitrogens with one attached hydrogen (secondary N) is 1. The molecule has 0 saturated carbocycles. The van der Waals surface area contributed by atoms with Crippen LogP contribution in [0.15, 0.2) is 41.4 Å². The van der Waals surface area contributed by atoms with E-state index in [1.54, 1.807) is 0 Å². The number of thiol groups is 1. The highest BCUT2D eigenvalue weighted by Gasteiger charge is 2.54. The number of β-lactam (4-membered cyclic amide) rings is 1. The molecule has 1 aromatic heterocycles. The van der Waals surface area contributed by atoms with E-state index in [-0.39, 0.29) is 41.7 Å². The molecule has 2 aromatic rings. The van der Waals surface area contributed by atoms with Crippen LogP contribution in [0, 0.1) is 0 Å². The molecule has 1 aromatic carbocycles. The summed E-state index contributed by atoms with van der Waals surface area (Å²) in [4.78, 5) is 55.1. The fourth-order valence-electron chi connectivity index (χ4n) is 3.68. The number of fused-ring (bicyclic) bond motifs is 1. The zero-order valence-corrected chi connectivity index (χ0v) is 20.2. The lowest BCUT2D eigenvalue weighted by Gasteiger charge is -2.49. The summed E-state index contributed by atoms with van der Waals surface area (Å²) in [5.41, 5.74) is 2.41. The summed E-state index contributed by atoms with van der Waals surface area (Å²) in [7, 11) is 1.33. The average molecular weight is 504 g/mol. The number of amides is 2. The van der Waals surface area contributed by atoms with E-state index in [4.69, 9.17) is 0 Å². The molecule has 0 radical (unpaired) electrons. The van der Waals surface area contributed by atoms with Gasteiger partial charge in [-0.2, -0.15) is 0 Å². The van der Waals surface area contributed by atoms with E-state index < -0.39 is 11.2 Å². The second-order valence-corrected chi connectivity index (χ2v) is 9.84. The van der Waals surface area contributed by atoms with Crippen molar-refractivity contribution in [2.45, 2.75) is 30.7 Å². The Bertz CT molecular complexity index is 1130. The molecule has 2 atom stereocenters. The molecule has 0 spiro atoms. The van der Waals surface area contributed by atoms with Gasteiger partial charge in [0.15, 0.2) is 0 Å². The highest BCUT2D eigenvalue weighted by Crippen LogP contribution is 2.44. The van der Waals surface area contributed by atoms with Crippen molar-refractivity contribution in [2.24, 2.45) is 0 Å². The minimum absolute atomic E-state index is 0.176. The Morgan fingerprint density at radius 1 is 1.27 bits per heavy atom. The molecule has 8 nitrogen and oxygen atoms in total. The van der Waals surface area contributed by atoms with Crippen molar-refractivity contribution in [1.82, 2.24) is 15.2 Å². The number of aromatic nitrogens is 1. The SMILES string of the molecule is COC(=O)CCc1csc(C2=C(C(=O)S)N3C(=O)[C@@H](NC(=O)Cc4ccccc4)[C@H]3SC2)n1. The van der Waals surface area contributed by atoms with Gasteiger partial charge in [0.2, 0.25) is 11.0 Å². The third-order valence-corrected chi connectivity index (χ3v) is 7.76. The summed E-state index contributed by atoms with van der Waals surface area (Å²) < 4.78 is 4.65. The first-order valence-corrected chi connectivity index (χ1v) is 12.5. The minimum atomic E-state index is -0.692. The molecular formula is C22H21N3O5S3. The van der Waals surface area contributed by atoms with Crippen LogP contribution >= 0.6 is 35.7 Å². The molecule has 4 rings (SSSR count). The highest BCUT2D eigenvalue weighted by atomic mass is 32.2. The Kier molecular flexibility index (Phi) is 7.20. The summed E-state index contributed by atoms with van der Waals surface area (Å²) in [5, 5.41) is 4.34. The van der Waals surface area contributed by atoms with Crippen LogP contribution in [-0.2, 0) is 36.8 Å². The van der Waals surface area contributed by atoms with Crippen LogP contribution < -0.4 is 5.32 Å². The Hall–Kier alpha value is -2.63. The zero-order valence-electron chi connectivity index (χ0n) is 17.6. The summed E-state index contributed by atoms with van der Waals surface area (Å²) in [6, 6.07) is 8.59. The van der Waals surface area contributed by atoms with E-state index in [2.05, 4.69) is 27.7 Å². The number of hydrogen-bond acceptors (Lipinski definition) is 8. The molecule has 1 fully saturated rings. The number of methoxy groups -OCH3 is 1. The number of hydrogen-bond donors (Lipinski definition) is 2. The van der Waals surface area contributed by atoms with Crippen LogP contribution in [0.4, 0.5) is 0 Å². The molecule has 172 valence electrons. The van der Waals surface area contributed by atoms with E-state index in [9.17, 15) is 19.2 Å². The monoisotopic (exact) mass is 503 g/mol. The van der Waals surface area contributed by atoms with E-state index >= 15 is 0 Å². The fraction of sp³-hybridized carbons (Fsp3) is 0.318. The largest absolute Gasteiger partial charge is 0.469 e. The van der Waals surface area contributed by atoms with Gasteiger partial charge in [-0.3, -0.25) is 24.1 Å². The molecule has 0 aliphatic carbocycles. The van der Waals surface area contributed by atoms with Crippen molar-refractivity contribution in [3.05, 3.63) is 57.7 Å². The number of rotatable bonds is 8. The van der Waals surface area contributed by atoms with Gasteiger partial charge >= 0.3 is 5.97 Å². The number of carbonyl (C=O) groups excluding carboxylic acids is 4. The van der Waals surface area contributed by atoms with E-state index in [1.165, 1.54) is 35.1 Å². The van der Waals surface area contributed by atoms with E-state index in [0.29, 0.717) is 28.4 Å². The summed E-state index contributed by atoms with van der Waals surface area (Å²) >= 11 is 6.82. The normalized spacial score (nSPS) is 19.6. The van der Waals surface area contributed by atoms with E-state index in [0.717, 1.165) is 5.56 Å². The summed E-state index contributed by atoms with van der Waals surface area (Å²) in [5.74, 6) is -0.461. The highest BCUT2D eigenvalue weighted by molar-refractivity contribution is 8.00. The van der Waals surface area contributed by atoms with Crippen LogP contribution in [0.5, 0.6) is 0 Å². The number of esters is 1. The maximum absolute atomic E-state index is 12.9. The fourth-order valence-corrected chi connectivity index (χ4v) is 6.26. The molecular weight excluding hydrogens is 482 g/mol. The van der Waals surface area contributed by atoms with Crippen LogP contribution in [-0.4, -0.2) is 57.1 Å². The Morgan fingerprint density at radius 3 is 2.73 bits per heavy atom. The molecule has 0 bridgehead atoms. The van der Waals surface area contributed by atoms with Gasteiger partial charge in [-0.1, -0.05) is 43.0 Å². The van der Waals surface area contributed by atoms with Crippen LogP contribution in [0.1, 0.15) is 22.7 Å². The lowest BCUT2D eigenvalue weighted by Crippen LogP contribution is -2.70. The molecule has 1 saturated heterocycles. The van der Waals surface area contributed by atoms with Crippen LogP contribution in [0.3, 0.4) is 0 Å². The average Bonchev–Trinajstić information content (AvgIpc) is 3.29. The Balaban J connectivity index is 1.48. The number of nitrogens with zero attached hydrogens (tertiary/aromatic N) is 2. The van der Waals surface area contributed by atoms with Gasteiger partial charge in [0.05, 0.1) is 25.6 Å². The second-order valence-electron chi connectivity index (χ2n) is 7.47. The topological polar surface area (TPSA) is 106 Å². The molecule has 0 unspecified atom stereocenters. The number of thiazole rings is 1. The Morgan fingerprint density at radius 2 is 2.03 bits per heavy atom. The second kappa shape index (κ2) is 10.1. The standard InChI is InChI=1S/C22H21N3O5S3/c1-30-16(27)8-7-13-10-32-19(23-13)14-11-33-21-17(20(28)25(21)18(14)22(29)31)24-15(26)9-12-5-3-2-4-6-12/h2-6,10,17,21H,7-9,11H2,1H3,(H,24,26)(H,29,31)/t17-,21-/m1/s1. The summed E-state index contributed by atoms with van der Waals surface area (Å²) in [6.45, 7) is 0. The van der Waals surface area contributed by atoms with Crippen molar-refractivity contribution in [3.8, 4) is 0 Å². The van der Waals surface area contributed by atoms with Crippen LogP contribution in [0.2, 0.25) is 0 Å². The molecule has 2 aliphatic heterocycles. The van der Waals surface area contributed by atoms with Gasteiger partial charge in [-0.25, -0.2) is 4.98 Å². The molecule has 1 N–H and O–H groups in total. The number of aryl methyl sites for hydroxylation is 1. The predicted octanol–water partition coefficient (Wildman–Crippen LogP) is 2.06. The third kappa shape index (κ3) is 4.99. The van der Waals surface area contributed by atoms with Crippen LogP contribution in [0.25, 0.3) is 5.57 Å². The molecule has 2 aliphatic rings. The third-order valence-electron chi connectivity index (χ3n) is 5.32. The summed E-state index contributed by atoms with van der Waals surface area (Å²) in [6.07, 6.45) is 0.812. The number of carbonyl (C=O) groups is 4. The first-order valence-electron chi connectivity index (χ1n) is 10.1. The maximum atomic E-state index is 12.9. The van der Waals surface area contributed by atoms with Gasteiger partial charge in [0, 0.05) is 23.1 Å². The maximum Gasteiger partial charge on any atom is 0.305 e. The van der Waals surface area contributed by atoms with Crippen molar-refractivity contribution < 1.29 is 23.9 Å². The van der Waals surface area contributed by atoms with Crippen molar-refractivity contribution in [1.29, 1.82) is 0 Å². The first kappa shape index (κ1) is 23.5. The van der Waals surface area contributed by atoms with Gasteiger partial charge in [-0.05, 0) is 5.56 Å². The van der Waals surface area contributed by atoms with Crippen molar-refractivity contribution >= 4 is 64.2 Å². The number of benzene rings is 1. The molecule has 3 heterocycles. The molecule has 2 amide bonds. The van der Waals surface area contributed by atoms with Gasteiger partial charge in [0.1, 0.15) is 22.1 Å². The van der Waals surface area contributed by atoms with Crippen molar-refractivity contribution in [2.75, 3.05) is 12.9 Å². The number of ether oxygens (including phenoxy) is 1. The van der Waals surface area contributed by atoms with E-state index in [1.807, 2.05) is 35.7 Å². The lowest BCUT2D eigenvalue weighted by atomic mass is 10.0. The predicted molar refractivity (Wildman–Crippen MR) is 129 cm³/mol. The number of thioether (sulfide) groups is 1. The molecule has 11 heteroatoms. The van der Waals surface area contributed by atoms with Gasteiger partial charge in [-0.15, -0.1) is 23.1 Å².